The summed E-state index contributed by atoms with van der Waals surface area (Å²) in [6.45, 7) is 2.76. The fraction of sp³-hybridized carbons (Fsp3) is 0.417. The summed E-state index contributed by atoms with van der Waals surface area (Å²) in [5, 5.41) is 2.79. The monoisotopic (exact) mass is 241 g/mol. The van der Waals surface area contributed by atoms with Crippen LogP contribution in [0.5, 0.6) is 0 Å². The van der Waals surface area contributed by atoms with E-state index in [1.54, 1.807) is 0 Å². The van der Waals surface area contributed by atoms with Crippen LogP contribution in [0.2, 0.25) is 0 Å². The lowest BCUT2D eigenvalue weighted by molar-refractivity contribution is 0.0952. The molecule has 88 valence electrons. The van der Waals surface area contributed by atoms with Crippen molar-refractivity contribution in [1.29, 1.82) is 0 Å². The average molecular weight is 241 g/mol. The van der Waals surface area contributed by atoms with Crippen molar-refractivity contribution in [1.82, 2.24) is 5.32 Å². The maximum atomic E-state index is 12.9. The van der Waals surface area contributed by atoms with Crippen molar-refractivity contribution < 1.29 is 9.18 Å². The first-order chi connectivity index (χ1) is 7.65. The Bertz CT molecular complexity index is 368. The Morgan fingerprint density at radius 1 is 1.44 bits per heavy atom. The molecule has 0 fully saturated rings. The number of nitrogens with one attached hydrogen (secondary N) is 1. The van der Waals surface area contributed by atoms with Crippen LogP contribution in [0.25, 0.3) is 0 Å². The maximum absolute atomic E-state index is 12.9. The summed E-state index contributed by atoms with van der Waals surface area (Å²) in [6.07, 6.45) is 3.19. The Labute approximate surface area is 101 Å². The van der Waals surface area contributed by atoms with E-state index in [1.807, 2.05) is 0 Å². The third kappa shape index (κ3) is 3.85. The number of thiol groups is 1. The van der Waals surface area contributed by atoms with E-state index in [0.717, 1.165) is 19.3 Å². The van der Waals surface area contributed by atoms with Crippen LogP contribution in [-0.4, -0.2) is 12.5 Å². The highest BCUT2D eigenvalue weighted by atomic mass is 32.1. The molecule has 0 saturated carbocycles. The molecule has 1 aromatic rings. The second-order valence-corrected chi connectivity index (χ2v) is 4.11. The summed E-state index contributed by atoms with van der Waals surface area (Å²) in [5.74, 6) is -0.586. The Morgan fingerprint density at radius 3 is 2.81 bits per heavy atom. The molecule has 0 aromatic heterocycles. The molecule has 1 N–H and O–H groups in total. The molecular formula is C12H16FNOS. The number of rotatable bonds is 5. The van der Waals surface area contributed by atoms with E-state index < -0.39 is 5.82 Å². The summed E-state index contributed by atoms with van der Waals surface area (Å²) in [4.78, 5) is 11.8. The van der Waals surface area contributed by atoms with Crippen LogP contribution in [0.15, 0.2) is 23.1 Å². The van der Waals surface area contributed by atoms with Gasteiger partial charge in [-0.15, -0.1) is 12.6 Å². The Balaban J connectivity index is 2.50. The number of carbonyl (C=O) groups is 1. The van der Waals surface area contributed by atoms with Gasteiger partial charge in [0.2, 0.25) is 0 Å². The normalized spacial score (nSPS) is 10.2. The van der Waals surface area contributed by atoms with Gasteiger partial charge in [0.05, 0.1) is 0 Å². The first-order valence-electron chi connectivity index (χ1n) is 5.42. The van der Waals surface area contributed by atoms with Gasteiger partial charge in [0.15, 0.2) is 0 Å². The van der Waals surface area contributed by atoms with Crippen LogP contribution >= 0.6 is 12.6 Å². The number of hydrogen-bond acceptors (Lipinski definition) is 2. The average Bonchev–Trinajstić information content (AvgIpc) is 2.28. The zero-order chi connectivity index (χ0) is 12.0. The molecule has 1 aromatic carbocycles. The largest absolute Gasteiger partial charge is 0.352 e. The van der Waals surface area contributed by atoms with Crippen molar-refractivity contribution in [2.75, 3.05) is 6.54 Å². The third-order valence-corrected chi connectivity index (χ3v) is 2.62. The first kappa shape index (κ1) is 13.0. The number of amides is 1. The summed E-state index contributed by atoms with van der Waals surface area (Å²) >= 11 is 3.93. The minimum absolute atomic E-state index is 0.175. The van der Waals surface area contributed by atoms with E-state index in [2.05, 4.69) is 24.9 Å². The Hall–Kier alpha value is -1.03. The van der Waals surface area contributed by atoms with Gasteiger partial charge in [-0.1, -0.05) is 19.8 Å². The number of unbranched alkanes of at least 4 members (excludes halogenated alkanes) is 2. The number of carbonyl (C=O) groups excluding carboxylic acids is 1. The molecule has 0 bridgehead atoms. The van der Waals surface area contributed by atoms with Crippen LogP contribution in [0.3, 0.4) is 0 Å². The summed E-state index contributed by atoms with van der Waals surface area (Å²) < 4.78 is 12.9. The highest BCUT2D eigenvalue weighted by molar-refractivity contribution is 7.80. The smallest absolute Gasteiger partial charge is 0.251 e. The van der Waals surface area contributed by atoms with Crippen molar-refractivity contribution in [3.05, 3.63) is 29.6 Å². The van der Waals surface area contributed by atoms with Crippen LogP contribution in [-0.2, 0) is 0 Å². The van der Waals surface area contributed by atoms with Gasteiger partial charge in [-0.3, -0.25) is 4.79 Å². The summed E-state index contributed by atoms with van der Waals surface area (Å²) in [5.41, 5.74) is 0.447. The van der Waals surface area contributed by atoms with Gasteiger partial charge < -0.3 is 5.32 Å². The summed E-state index contributed by atoms with van der Waals surface area (Å²) in [7, 11) is 0. The van der Waals surface area contributed by atoms with E-state index in [9.17, 15) is 9.18 Å². The predicted molar refractivity (Wildman–Crippen MR) is 65.5 cm³/mol. The Morgan fingerprint density at radius 2 is 2.19 bits per heavy atom. The molecular weight excluding hydrogens is 225 g/mol. The standard InChI is InChI=1S/C12H16FNOS/c1-2-3-4-7-14-12(15)9-5-6-10(13)11(16)8-9/h5-6,8,16H,2-4,7H2,1H3,(H,14,15). The van der Waals surface area contributed by atoms with E-state index in [1.165, 1.54) is 18.2 Å². The molecule has 0 spiro atoms. The van der Waals surface area contributed by atoms with Gasteiger partial charge in [-0.2, -0.15) is 0 Å². The quantitative estimate of drug-likeness (QED) is 0.602. The molecule has 0 heterocycles. The Kier molecular flexibility index (Phi) is 5.32. The molecule has 2 nitrogen and oxygen atoms in total. The topological polar surface area (TPSA) is 29.1 Å². The molecule has 0 aliphatic rings. The molecule has 16 heavy (non-hydrogen) atoms. The molecule has 0 saturated heterocycles. The second-order valence-electron chi connectivity index (χ2n) is 3.63. The van der Waals surface area contributed by atoms with Gasteiger partial charge in [0, 0.05) is 17.0 Å². The molecule has 0 atom stereocenters. The number of benzene rings is 1. The molecule has 4 heteroatoms. The van der Waals surface area contributed by atoms with E-state index in [-0.39, 0.29) is 10.8 Å². The highest BCUT2D eigenvalue weighted by Crippen LogP contribution is 2.14. The van der Waals surface area contributed by atoms with Crippen molar-refractivity contribution in [3.63, 3.8) is 0 Å². The number of hydrogen-bond donors (Lipinski definition) is 2. The van der Waals surface area contributed by atoms with E-state index in [4.69, 9.17) is 0 Å². The summed E-state index contributed by atoms with van der Waals surface area (Å²) in [6, 6.07) is 4.15. The molecule has 0 unspecified atom stereocenters. The lowest BCUT2D eigenvalue weighted by atomic mass is 10.2. The highest BCUT2D eigenvalue weighted by Gasteiger charge is 2.06. The van der Waals surface area contributed by atoms with E-state index in [0.29, 0.717) is 12.1 Å². The lowest BCUT2D eigenvalue weighted by Gasteiger charge is -2.05. The molecule has 1 amide bonds. The maximum Gasteiger partial charge on any atom is 0.251 e. The van der Waals surface area contributed by atoms with Gasteiger partial charge in [-0.05, 0) is 24.6 Å². The molecule has 0 aliphatic carbocycles. The lowest BCUT2D eigenvalue weighted by Crippen LogP contribution is -2.24. The molecule has 1 rings (SSSR count). The minimum atomic E-state index is -0.411. The van der Waals surface area contributed by atoms with Crippen molar-refractivity contribution in [3.8, 4) is 0 Å². The zero-order valence-corrected chi connectivity index (χ0v) is 10.2. The molecule has 0 radical (unpaired) electrons. The fourth-order valence-electron chi connectivity index (χ4n) is 1.33. The fourth-order valence-corrected chi connectivity index (χ4v) is 1.55. The SMILES string of the molecule is CCCCCNC(=O)c1ccc(F)c(S)c1. The molecule has 0 aliphatic heterocycles. The third-order valence-electron chi connectivity index (χ3n) is 2.27. The number of halogens is 1. The first-order valence-corrected chi connectivity index (χ1v) is 5.86. The van der Waals surface area contributed by atoms with Gasteiger partial charge >= 0.3 is 0 Å². The van der Waals surface area contributed by atoms with Gasteiger partial charge in [0.25, 0.3) is 5.91 Å². The van der Waals surface area contributed by atoms with Crippen LogP contribution in [0, 0.1) is 5.82 Å². The van der Waals surface area contributed by atoms with Crippen molar-refractivity contribution >= 4 is 18.5 Å². The van der Waals surface area contributed by atoms with Crippen LogP contribution in [0.1, 0.15) is 36.5 Å². The minimum Gasteiger partial charge on any atom is -0.352 e. The predicted octanol–water partition coefficient (Wildman–Crippen LogP) is 3.03. The zero-order valence-electron chi connectivity index (χ0n) is 9.29. The van der Waals surface area contributed by atoms with Gasteiger partial charge in [0.1, 0.15) is 5.82 Å². The van der Waals surface area contributed by atoms with E-state index >= 15 is 0 Å². The van der Waals surface area contributed by atoms with Crippen molar-refractivity contribution in [2.45, 2.75) is 31.1 Å². The van der Waals surface area contributed by atoms with Crippen molar-refractivity contribution in [2.24, 2.45) is 0 Å². The van der Waals surface area contributed by atoms with Gasteiger partial charge in [-0.25, -0.2) is 4.39 Å². The second kappa shape index (κ2) is 6.53. The van der Waals surface area contributed by atoms with Crippen LogP contribution in [0.4, 0.5) is 4.39 Å². The van der Waals surface area contributed by atoms with Crippen LogP contribution < -0.4 is 5.32 Å².